The Labute approximate surface area is 106 Å². The van der Waals surface area contributed by atoms with E-state index in [0.717, 1.165) is 37.1 Å². The first-order valence-electron chi connectivity index (χ1n) is 6.14. The van der Waals surface area contributed by atoms with Crippen LogP contribution >= 0.6 is 11.3 Å². The molecule has 1 aliphatic rings. The van der Waals surface area contributed by atoms with Crippen molar-refractivity contribution in [2.75, 3.05) is 13.1 Å². The number of nitrogens with one attached hydrogen (secondary N) is 1. The van der Waals surface area contributed by atoms with Gasteiger partial charge < -0.3 is 11.1 Å². The maximum atomic E-state index is 12.1. The molecule has 1 aliphatic carbocycles. The molecule has 1 heterocycles. The molecule has 3 N–H and O–H groups in total. The minimum Gasteiger partial charge on any atom is -0.355 e. The fourth-order valence-electron chi connectivity index (χ4n) is 2.42. The van der Waals surface area contributed by atoms with Crippen LogP contribution in [0, 0.1) is 5.41 Å². The molecule has 0 atom stereocenters. The lowest BCUT2D eigenvalue weighted by Gasteiger charge is -2.25. The van der Waals surface area contributed by atoms with E-state index in [-0.39, 0.29) is 11.3 Å². The van der Waals surface area contributed by atoms with E-state index in [1.165, 1.54) is 0 Å². The maximum absolute atomic E-state index is 12.1. The topological polar surface area (TPSA) is 68.0 Å². The average molecular weight is 253 g/mol. The maximum Gasteiger partial charge on any atom is 0.227 e. The van der Waals surface area contributed by atoms with Crippen LogP contribution in [0.3, 0.4) is 0 Å². The van der Waals surface area contributed by atoms with Crippen LogP contribution in [0.25, 0.3) is 0 Å². The molecule has 2 rings (SSSR count). The zero-order valence-corrected chi connectivity index (χ0v) is 10.8. The number of hydrogen-bond acceptors (Lipinski definition) is 4. The molecule has 0 saturated heterocycles. The van der Waals surface area contributed by atoms with E-state index in [1.54, 1.807) is 17.5 Å². The van der Waals surface area contributed by atoms with Gasteiger partial charge in [0, 0.05) is 31.1 Å². The van der Waals surface area contributed by atoms with Crippen molar-refractivity contribution in [1.29, 1.82) is 0 Å². The number of rotatable bonds is 5. The van der Waals surface area contributed by atoms with Crippen LogP contribution in [0.2, 0.25) is 0 Å². The summed E-state index contributed by atoms with van der Waals surface area (Å²) in [5.41, 5.74) is 5.48. The number of nitrogens with zero attached hydrogens (tertiary/aromatic N) is 1. The second kappa shape index (κ2) is 5.60. The highest BCUT2D eigenvalue weighted by atomic mass is 32.1. The molecule has 0 bridgehead atoms. The SMILES string of the molecule is NCC1(C(=O)NCCc2nccs2)CCCC1. The number of thiazole rings is 1. The van der Waals surface area contributed by atoms with E-state index in [4.69, 9.17) is 5.73 Å². The van der Waals surface area contributed by atoms with Crippen molar-refractivity contribution in [3.63, 3.8) is 0 Å². The fraction of sp³-hybridized carbons (Fsp3) is 0.667. The van der Waals surface area contributed by atoms with Crippen LogP contribution in [0.5, 0.6) is 0 Å². The van der Waals surface area contributed by atoms with Crippen molar-refractivity contribution in [2.45, 2.75) is 32.1 Å². The molecule has 0 unspecified atom stereocenters. The Morgan fingerprint density at radius 1 is 1.53 bits per heavy atom. The number of nitrogens with two attached hydrogens (primary N) is 1. The summed E-state index contributed by atoms with van der Waals surface area (Å²) in [6.45, 7) is 1.13. The van der Waals surface area contributed by atoms with E-state index in [2.05, 4.69) is 10.3 Å². The summed E-state index contributed by atoms with van der Waals surface area (Å²) in [4.78, 5) is 16.3. The third-order valence-electron chi connectivity index (χ3n) is 3.54. The molecule has 4 nitrogen and oxygen atoms in total. The Morgan fingerprint density at radius 2 is 2.29 bits per heavy atom. The summed E-state index contributed by atoms with van der Waals surface area (Å²) in [5, 5.41) is 6.02. The Balaban J connectivity index is 1.80. The number of carbonyl (C=O) groups excluding carboxylic acids is 1. The molecule has 17 heavy (non-hydrogen) atoms. The van der Waals surface area contributed by atoms with Crippen molar-refractivity contribution < 1.29 is 4.79 Å². The number of hydrogen-bond donors (Lipinski definition) is 2. The fourth-order valence-corrected chi connectivity index (χ4v) is 3.04. The van der Waals surface area contributed by atoms with Crippen molar-refractivity contribution in [1.82, 2.24) is 10.3 Å². The smallest absolute Gasteiger partial charge is 0.227 e. The van der Waals surface area contributed by atoms with Crippen LogP contribution in [0.1, 0.15) is 30.7 Å². The summed E-state index contributed by atoms with van der Waals surface area (Å²) in [6.07, 6.45) is 6.72. The van der Waals surface area contributed by atoms with Crippen molar-refractivity contribution >= 4 is 17.2 Å². The highest BCUT2D eigenvalue weighted by Crippen LogP contribution is 2.37. The zero-order chi connectivity index (χ0) is 12.1. The first kappa shape index (κ1) is 12.5. The molecule has 0 aromatic carbocycles. The monoisotopic (exact) mass is 253 g/mol. The molecule has 94 valence electrons. The lowest BCUT2D eigenvalue weighted by molar-refractivity contribution is -0.130. The van der Waals surface area contributed by atoms with Gasteiger partial charge in [0.25, 0.3) is 0 Å². The minimum atomic E-state index is -0.289. The van der Waals surface area contributed by atoms with E-state index in [0.29, 0.717) is 13.1 Å². The Hall–Kier alpha value is -0.940. The molecular weight excluding hydrogens is 234 g/mol. The summed E-state index contributed by atoms with van der Waals surface area (Å²) in [5.74, 6) is 0.133. The molecule has 1 amide bonds. The van der Waals surface area contributed by atoms with Gasteiger partial charge in [-0.15, -0.1) is 11.3 Å². The van der Waals surface area contributed by atoms with Crippen molar-refractivity contribution in [3.05, 3.63) is 16.6 Å². The van der Waals surface area contributed by atoms with Gasteiger partial charge in [-0.25, -0.2) is 4.98 Å². The Bertz CT molecular complexity index is 358. The Kier molecular flexibility index (Phi) is 4.12. The second-order valence-electron chi connectivity index (χ2n) is 4.62. The van der Waals surface area contributed by atoms with Gasteiger partial charge in [-0.3, -0.25) is 4.79 Å². The van der Waals surface area contributed by atoms with Crippen molar-refractivity contribution in [3.8, 4) is 0 Å². The summed E-state index contributed by atoms with van der Waals surface area (Å²) in [7, 11) is 0. The standard InChI is InChI=1S/C12H19N3OS/c13-9-12(4-1-2-5-12)11(16)15-6-3-10-14-7-8-17-10/h7-8H,1-6,9,13H2,(H,15,16). The van der Waals surface area contributed by atoms with E-state index in [9.17, 15) is 4.79 Å². The Morgan fingerprint density at radius 3 is 2.88 bits per heavy atom. The van der Waals surface area contributed by atoms with Gasteiger partial charge in [-0.1, -0.05) is 12.8 Å². The molecule has 0 aliphatic heterocycles. The molecule has 1 aromatic heterocycles. The third kappa shape index (κ3) is 2.84. The molecule has 0 radical (unpaired) electrons. The lowest BCUT2D eigenvalue weighted by atomic mass is 9.85. The summed E-state index contributed by atoms with van der Waals surface area (Å²) in [6, 6.07) is 0. The van der Waals surface area contributed by atoms with Crippen molar-refractivity contribution in [2.24, 2.45) is 11.1 Å². The predicted octanol–water partition coefficient (Wildman–Crippen LogP) is 1.32. The van der Waals surface area contributed by atoms with Gasteiger partial charge in [0.2, 0.25) is 5.91 Å². The van der Waals surface area contributed by atoms with Crippen LogP contribution in [-0.2, 0) is 11.2 Å². The predicted molar refractivity (Wildman–Crippen MR) is 68.8 cm³/mol. The van der Waals surface area contributed by atoms with E-state index >= 15 is 0 Å². The largest absolute Gasteiger partial charge is 0.355 e. The molecule has 0 spiro atoms. The van der Waals surface area contributed by atoms with Gasteiger partial charge in [-0.05, 0) is 12.8 Å². The quantitative estimate of drug-likeness (QED) is 0.831. The van der Waals surface area contributed by atoms with E-state index in [1.807, 2.05) is 5.38 Å². The van der Waals surface area contributed by atoms with Gasteiger partial charge in [0.1, 0.15) is 0 Å². The molecule has 1 saturated carbocycles. The number of amides is 1. The zero-order valence-electron chi connectivity index (χ0n) is 9.95. The number of carbonyl (C=O) groups is 1. The van der Waals surface area contributed by atoms with Crippen LogP contribution < -0.4 is 11.1 Å². The van der Waals surface area contributed by atoms with Gasteiger partial charge >= 0.3 is 0 Å². The van der Waals surface area contributed by atoms with Crippen LogP contribution in [-0.4, -0.2) is 24.0 Å². The molecular formula is C12H19N3OS. The van der Waals surface area contributed by atoms with E-state index < -0.39 is 0 Å². The average Bonchev–Trinajstić information content (AvgIpc) is 3.00. The molecule has 1 fully saturated rings. The lowest BCUT2D eigenvalue weighted by Crippen LogP contribution is -2.44. The third-order valence-corrected chi connectivity index (χ3v) is 4.38. The van der Waals surface area contributed by atoms with Crippen LogP contribution in [0.4, 0.5) is 0 Å². The van der Waals surface area contributed by atoms with Gasteiger partial charge in [0.05, 0.1) is 10.4 Å². The summed E-state index contributed by atoms with van der Waals surface area (Å²) >= 11 is 1.62. The first-order chi connectivity index (χ1) is 8.27. The second-order valence-corrected chi connectivity index (χ2v) is 5.60. The molecule has 5 heteroatoms. The van der Waals surface area contributed by atoms with Gasteiger partial charge in [0.15, 0.2) is 0 Å². The highest BCUT2D eigenvalue weighted by molar-refractivity contribution is 7.09. The highest BCUT2D eigenvalue weighted by Gasteiger charge is 2.39. The van der Waals surface area contributed by atoms with Gasteiger partial charge in [-0.2, -0.15) is 0 Å². The van der Waals surface area contributed by atoms with Crippen LogP contribution in [0.15, 0.2) is 11.6 Å². The molecule has 1 aromatic rings. The summed E-state index contributed by atoms with van der Waals surface area (Å²) < 4.78 is 0. The first-order valence-corrected chi connectivity index (χ1v) is 7.01. The normalized spacial score (nSPS) is 18.2. The minimum absolute atomic E-state index is 0.133. The number of aromatic nitrogens is 1.